The van der Waals surface area contributed by atoms with Crippen molar-refractivity contribution >= 4 is 11.6 Å². The third kappa shape index (κ3) is 4.55. The van der Waals surface area contributed by atoms with E-state index in [9.17, 15) is 9.59 Å². The highest BCUT2D eigenvalue weighted by Gasteiger charge is 2.24. The molecule has 4 rings (SSSR count). The molecule has 1 saturated carbocycles. The van der Waals surface area contributed by atoms with E-state index in [2.05, 4.69) is 20.1 Å². The summed E-state index contributed by atoms with van der Waals surface area (Å²) in [5.74, 6) is 1.87. The molecule has 0 spiro atoms. The van der Waals surface area contributed by atoms with Crippen LogP contribution >= 0.6 is 0 Å². The molecule has 1 aliphatic carbocycles. The number of carbonyl (C=O) groups excluding carboxylic acids is 1. The van der Waals surface area contributed by atoms with E-state index in [1.165, 1.54) is 12.8 Å². The van der Waals surface area contributed by atoms with Crippen molar-refractivity contribution in [1.82, 2.24) is 20.1 Å². The minimum Gasteiger partial charge on any atom is -0.493 e. The Hall–Kier alpha value is -2.97. The summed E-state index contributed by atoms with van der Waals surface area (Å²) in [5.41, 5.74) is 0.676. The van der Waals surface area contributed by atoms with Gasteiger partial charge in [0, 0.05) is 37.9 Å². The van der Waals surface area contributed by atoms with Crippen LogP contribution in [0.2, 0.25) is 0 Å². The molecule has 156 valence electrons. The number of aromatic nitrogens is 3. The van der Waals surface area contributed by atoms with Gasteiger partial charge in [-0.25, -0.2) is 9.89 Å². The van der Waals surface area contributed by atoms with Crippen molar-refractivity contribution in [2.75, 3.05) is 38.2 Å². The third-order valence-electron chi connectivity index (χ3n) is 5.61. The fourth-order valence-electron chi connectivity index (χ4n) is 4.00. The van der Waals surface area contributed by atoms with Crippen LogP contribution in [0.5, 0.6) is 11.5 Å². The van der Waals surface area contributed by atoms with Gasteiger partial charge in [-0.1, -0.05) is 0 Å². The molecule has 2 heterocycles. The number of hydrogen-bond donors (Lipinski definition) is 2. The fraction of sp³-hybridized carbons (Fsp3) is 0.550. The van der Waals surface area contributed by atoms with E-state index in [1.54, 1.807) is 7.11 Å². The summed E-state index contributed by atoms with van der Waals surface area (Å²) in [7, 11) is 1.66. The minimum atomic E-state index is -0.396. The van der Waals surface area contributed by atoms with E-state index in [-0.39, 0.29) is 18.4 Å². The Bertz CT molecular complexity index is 894. The Balaban J connectivity index is 1.37. The first-order valence-electron chi connectivity index (χ1n) is 10.1. The Morgan fingerprint density at radius 2 is 1.93 bits per heavy atom. The van der Waals surface area contributed by atoms with Gasteiger partial charge in [-0.15, -0.1) is 0 Å². The van der Waals surface area contributed by atoms with Crippen molar-refractivity contribution in [3.63, 3.8) is 0 Å². The second-order valence-corrected chi connectivity index (χ2v) is 7.53. The Morgan fingerprint density at radius 1 is 1.17 bits per heavy atom. The molecule has 2 N–H and O–H groups in total. The molecule has 1 aromatic carbocycles. The molecule has 2 fully saturated rings. The molecule has 0 unspecified atom stereocenters. The van der Waals surface area contributed by atoms with Gasteiger partial charge in [0.2, 0.25) is 5.91 Å². The highest BCUT2D eigenvalue weighted by atomic mass is 16.5. The Morgan fingerprint density at radius 3 is 2.59 bits per heavy atom. The van der Waals surface area contributed by atoms with Crippen LogP contribution in [-0.4, -0.2) is 65.4 Å². The van der Waals surface area contributed by atoms with Gasteiger partial charge in [0.05, 0.1) is 19.6 Å². The van der Waals surface area contributed by atoms with E-state index in [0.717, 1.165) is 43.1 Å². The molecule has 1 saturated heterocycles. The maximum absolute atomic E-state index is 12.4. The van der Waals surface area contributed by atoms with Crippen LogP contribution in [0.25, 0.3) is 0 Å². The number of piperazine rings is 1. The van der Waals surface area contributed by atoms with Crippen molar-refractivity contribution in [3.05, 3.63) is 34.5 Å². The number of carbonyl (C=O) groups is 1. The number of hydrogen-bond acceptors (Lipinski definition) is 6. The predicted molar refractivity (Wildman–Crippen MR) is 108 cm³/mol. The van der Waals surface area contributed by atoms with Gasteiger partial charge in [-0.2, -0.15) is 5.10 Å². The molecule has 9 nitrogen and oxygen atoms in total. The summed E-state index contributed by atoms with van der Waals surface area (Å²) in [6.45, 7) is 2.71. The van der Waals surface area contributed by atoms with Crippen molar-refractivity contribution in [2.45, 2.75) is 38.2 Å². The van der Waals surface area contributed by atoms with E-state index in [1.807, 2.05) is 23.1 Å². The number of aromatic amines is 2. The van der Waals surface area contributed by atoms with Gasteiger partial charge in [0.15, 0.2) is 11.5 Å². The minimum absolute atomic E-state index is 0.0348. The van der Waals surface area contributed by atoms with Gasteiger partial charge in [0.1, 0.15) is 5.82 Å². The second kappa shape index (κ2) is 8.59. The van der Waals surface area contributed by atoms with E-state index >= 15 is 0 Å². The van der Waals surface area contributed by atoms with E-state index < -0.39 is 5.69 Å². The maximum Gasteiger partial charge on any atom is 0.340 e. The van der Waals surface area contributed by atoms with E-state index in [0.29, 0.717) is 18.9 Å². The quantitative estimate of drug-likeness (QED) is 0.757. The summed E-state index contributed by atoms with van der Waals surface area (Å²) in [5, 5.41) is 6.09. The molecular formula is C20H27N5O4. The third-order valence-corrected chi connectivity index (χ3v) is 5.61. The van der Waals surface area contributed by atoms with Crippen LogP contribution in [0.1, 0.15) is 31.5 Å². The van der Waals surface area contributed by atoms with E-state index in [4.69, 9.17) is 9.47 Å². The molecule has 0 bridgehead atoms. The highest BCUT2D eigenvalue weighted by Crippen LogP contribution is 2.35. The number of nitrogens with zero attached hydrogens (tertiary/aromatic N) is 3. The number of rotatable bonds is 6. The zero-order valence-corrected chi connectivity index (χ0v) is 16.6. The average molecular weight is 401 g/mol. The molecule has 1 aliphatic heterocycles. The number of anilines is 1. The zero-order chi connectivity index (χ0) is 20.2. The van der Waals surface area contributed by atoms with Gasteiger partial charge in [-0.05, 0) is 37.8 Å². The first kappa shape index (κ1) is 19.4. The Labute approximate surface area is 169 Å². The lowest BCUT2D eigenvalue weighted by atomic mass is 10.2. The average Bonchev–Trinajstić information content (AvgIpc) is 3.39. The summed E-state index contributed by atoms with van der Waals surface area (Å²) in [6.07, 6.45) is 4.98. The van der Waals surface area contributed by atoms with Crippen LogP contribution in [0, 0.1) is 0 Å². The van der Waals surface area contributed by atoms with Crippen molar-refractivity contribution in [2.24, 2.45) is 0 Å². The predicted octanol–water partition coefficient (Wildman–Crippen LogP) is 1.32. The lowest BCUT2D eigenvalue weighted by molar-refractivity contribution is -0.130. The number of H-pyrrole nitrogens is 2. The van der Waals surface area contributed by atoms with Crippen molar-refractivity contribution < 1.29 is 14.3 Å². The lowest BCUT2D eigenvalue weighted by Gasteiger charge is -2.36. The molecule has 1 aromatic heterocycles. The van der Waals surface area contributed by atoms with Crippen LogP contribution in [0.4, 0.5) is 5.69 Å². The van der Waals surface area contributed by atoms with Crippen LogP contribution < -0.4 is 20.1 Å². The number of amides is 1. The number of methoxy groups -OCH3 is 1. The first-order chi connectivity index (χ1) is 14.1. The van der Waals surface area contributed by atoms with Crippen LogP contribution in [0.3, 0.4) is 0 Å². The zero-order valence-electron chi connectivity index (χ0n) is 16.6. The maximum atomic E-state index is 12.4. The lowest BCUT2D eigenvalue weighted by Crippen LogP contribution is -2.49. The molecule has 2 aliphatic rings. The molecule has 0 radical (unpaired) electrons. The first-order valence-corrected chi connectivity index (χ1v) is 10.1. The van der Waals surface area contributed by atoms with Gasteiger partial charge < -0.3 is 19.3 Å². The van der Waals surface area contributed by atoms with Gasteiger partial charge >= 0.3 is 5.69 Å². The molecule has 29 heavy (non-hydrogen) atoms. The SMILES string of the molecule is COc1ccc(N2CCN(C(=O)Cc3n[nH]c(=O)[nH]3)CC2)cc1OC1CCCC1. The standard InChI is InChI=1S/C20H27N5O4/c1-28-16-7-6-14(12-17(16)29-15-4-2-3-5-15)24-8-10-25(11-9-24)19(26)13-18-21-20(27)23-22-18/h6-7,12,15H,2-5,8-11,13H2,1H3,(H2,21,22,23,27). The van der Waals surface area contributed by atoms with Crippen LogP contribution in [-0.2, 0) is 11.2 Å². The number of nitrogens with one attached hydrogen (secondary N) is 2. The second-order valence-electron chi connectivity index (χ2n) is 7.53. The molecule has 9 heteroatoms. The monoisotopic (exact) mass is 401 g/mol. The Kier molecular flexibility index (Phi) is 5.73. The largest absolute Gasteiger partial charge is 0.493 e. The van der Waals surface area contributed by atoms with Crippen LogP contribution in [0.15, 0.2) is 23.0 Å². The summed E-state index contributed by atoms with van der Waals surface area (Å²) < 4.78 is 11.7. The fourth-order valence-corrected chi connectivity index (χ4v) is 4.00. The molecular weight excluding hydrogens is 374 g/mol. The summed E-state index contributed by atoms with van der Waals surface area (Å²) >= 11 is 0. The number of ether oxygens (including phenoxy) is 2. The molecule has 0 atom stereocenters. The highest BCUT2D eigenvalue weighted by molar-refractivity contribution is 5.78. The summed E-state index contributed by atoms with van der Waals surface area (Å²) in [6, 6.07) is 6.03. The smallest absolute Gasteiger partial charge is 0.340 e. The summed E-state index contributed by atoms with van der Waals surface area (Å²) in [4.78, 5) is 30.1. The molecule has 2 aromatic rings. The van der Waals surface area contributed by atoms with Crippen molar-refractivity contribution in [3.8, 4) is 11.5 Å². The normalized spacial score (nSPS) is 17.6. The van der Waals surface area contributed by atoms with Gasteiger partial charge in [0.25, 0.3) is 0 Å². The molecule has 1 amide bonds. The van der Waals surface area contributed by atoms with Crippen molar-refractivity contribution in [1.29, 1.82) is 0 Å². The number of benzene rings is 1. The van der Waals surface area contributed by atoms with Gasteiger partial charge in [-0.3, -0.25) is 9.78 Å². The topological polar surface area (TPSA) is 104 Å².